The number of carbonyl (C=O) groups is 1. The van der Waals surface area contributed by atoms with Crippen molar-refractivity contribution in [2.75, 3.05) is 25.0 Å². The van der Waals surface area contributed by atoms with Gasteiger partial charge in [0.25, 0.3) is 0 Å². The number of anilines is 1. The number of amides is 1. The molecule has 26 heavy (non-hydrogen) atoms. The molecule has 0 bridgehead atoms. The lowest BCUT2D eigenvalue weighted by Gasteiger charge is -2.17. The molecule has 6 nitrogen and oxygen atoms in total. The molecule has 2 N–H and O–H groups in total. The number of benzene rings is 1. The van der Waals surface area contributed by atoms with Gasteiger partial charge in [-0.05, 0) is 23.6 Å². The van der Waals surface area contributed by atoms with Crippen molar-refractivity contribution in [1.82, 2.24) is 15.1 Å². The summed E-state index contributed by atoms with van der Waals surface area (Å²) < 4.78 is 7.51. The smallest absolute Gasteiger partial charge is 0.229 e. The molecule has 1 fully saturated rings. The van der Waals surface area contributed by atoms with E-state index < -0.39 is 0 Å². The fourth-order valence-corrected chi connectivity index (χ4v) is 3.10. The summed E-state index contributed by atoms with van der Waals surface area (Å²) in [6, 6.07) is 7.58. The SMILES string of the molecule is CC(C)COc1cccc(NC(=O)[C@H]2CNC[C@@H]2c2cnn(C)c2)c1.Cl. The van der Waals surface area contributed by atoms with Gasteiger partial charge in [0.05, 0.1) is 18.7 Å². The first-order valence-corrected chi connectivity index (χ1v) is 8.76. The maximum absolute atomic E-state index is 12.8. The van der Waals surface area contributed by atoms with E-state index in [9.17, 15) is 4.79 Å². The normalized spacial score (nSPS) is 19.2. The Bertz CT molecular complexity index is 732. The molecule has 0 spiro atoms. The van der Waals surface area contributed by atoms with E-state index in [1.165, 1.54) is 0 Å². The second-order valence-corrected chi connectivity index (χ2v) is 7.04. The summed E-state index contributed by atoms with van der Waals surface area (Å²) >= 11 is 0. The number of hydrogen-bond donors (Lipinski definition) is 2. The van der Waals surface area contributed by atoms with Crippen LogP contribution in [0.1, 0.15) is 25.3 Å². The van der Waals surface area contributed by atoms with Crippen LogP contribution >= 0.6 is 12.4 Å². The molecule has 1 aliphatic rings. The van der Waals surface area contributed by atoms with Gasteiger partial charge in [0.15, 0.2) is 0 Å². The van der Waals surface area contributed by atoms with Crippen LogP contribution in [0.2, 0.25) is 0 Å². The molecule has 1 aromatic carbocycles. The van der Waals surface area contributed by atoms with Gasteiger partial charge >= 0.3 is 0 Å². The molecule has 7 heteroatoms. The van der Waals surface area contributed by atoms with Crippen LogP contribution in [0.3, 0.4) is 0 Å². The number of carbonyl (C=O) groups excluding carboxylic acids is 1. The molecule has 2 aromatic rings. The number of rotatable bonds is 6. The first kappa shape index (κ1) is 20.3. The van der Waals surface area contributed by atoms with E-state index in [4.69, 9.17) is 4.74 Å². The number of aromatic nitrogens is 2. The van der Waals surface area contributed by atoms with Crippen LogP contribution in [0.25, 0.3) is 0 Å². The Hall–Kier alpha value is -2.05. The lowest BCUT2D eigenvalue weighted by molar-refractivity contribution is -0.119. The minimum absolute atomic E-state index is 0. The average Bonchev–Trinajstić information content (AvgIpc) is 3.21. The summed E-state index contributed by atoms with van der Waals surface area (Å²) in [5.41, 5.74) is 1.87. The molecule has 0 radical (unpaired) electrons. The van der Waals surface area contributed by atoms with E-state index in [1.807, 2.05) is 43.7 Å². The van der Waals surface area contributed by atoms with Crippen LogP contribution in [0.5, 0.6) is 5.75 Å². The van der Waals surface area contributed by atoms with Gasteiger partial charge < -0.3 is 15.4 Å². The molecule has 1 aliphatic heterocycles. The average molecular weight is 379 g/mol. The van der Waals surface area contributed by atoms with Gasteiger partial charge in [-0.15, -0.1) is 12.4 Å². The number of hydrogen-bond acceptors (Lipinski definition) is 4. The first-order chi connectivity index (χ1) is 12.0. The Morgan fingerprint density at radius 2 is 2.23 bits per heavy atom. The Labute approximate surface area is 160 Å². The second-order valence-electron chi connectivity index (χ2n) is 7.04. The highest BCUT2D eigenvalue weighted by Gasteiger charge is 2.34. The lowest BCUT2D eigenvalue weighted by Crippen LogP contribution is -2.28. The first-order valence-electron chi connectivity index (χ1n) is 8.76. The van der Waals surface area contributed by atoms with E-state index >= 15 is 0 Å². The Balaban J connectivity index is 0.00000243. The third-order valence-electron chi connectivity index (χ3n) is 4.39. The number of aryl methyl sites for hydroxylation is 1. The minimum atomic E-state index is -0.107. The minimum Gasteiger partial charge on any atom is -0.493 e. The van der Waals surface area contributed by atoms with Crippen molar-refractivity contribution in [1.29, 1.82) is 0 Å². The van der Waals surface area contributed by atoms with Crippen molar-refractivity contribution >= 4 is 24.0 Å². The van der Waals surface area contributed by atoms with Crippen LogP contribution in [-0.4, -0.2) is 35.4 Å². The summed E-state index contributed by atoms with van der Waals surface area (Å²) in [4.78, 5) is 12.8. The zero-order valence-corrected chi connectivity index (χ0v) is 16.3. The van der Waals surface area contributed by atoms with Crippen molar-refractivity contribution in [3.05, 3.63) is 42.2 Å². The van der Waals surface area contributed by atoms with E-state index in [2.05, 4.69) is 29.6 Å². The Morgan fingerprint density at radius 3 is 2.92 bits per heavy atom. The van der Waals surface area contributed by atoms with Gasteiger partial charge in [-0.1, -0.05) is 19.9 Å². The number of nitrogens with zero attached hydrogens (tertiary/aromatic N) is 2. The highest BCUT2D eigenvalue weighted by Crippen LogP contribution is 2.29. The van der Waals surface area contributed by atoms with E-state index in [1.54, 1.807) is 4.68 Å². The van der Waals surface area contributed by atoms with Crippen molar-refractivity contribution < 1.29 is 9.53 Å². The quantitative estimate of drug-likeness (QED) is 0.811. The third-order valence-corrected chi connectivity index (χ3v) is 4.39. The van der Waals surface area contributed by atoms with Crippen LogP contribution < -0.4 is 15.4 Å². The van der Waals surface area contributed by atoms with Gasteiger partial charge in [-0.2, -0.15) is 5.10 Å². The van der Waals surface area contributed by atoms with Gasteiger partial charge in [0.1, 0.15) is 5.75 Å². The molecule has 1 aromatic heterocycles. The maximum atomic E-state index is 12.8. The summed E-state index contributed by atoms with van der Waals surface area (Å²) in [5.74, 6) is 1.31. The fourth-order valence-electron chi connectivity index (χ4n) is 3.10. The zero-order valence-electron chi connectivity index (χ0n) is 15.4. The highest BCUT2D eigenvalue weighted by molar-refractivity contribution is 5.93. The number of ether oxygens (including phenoxy) is 1. The second kappa shape index (κ2) is 9.05. The fraction of sp³-hybridized carbons (Fsp3) is 0.474. The maximum Gasteiger partial charge on any atom is 0.229 e. The van der Waals surface area contributed by atoms with Crippen molar-refractivity contribution in [2.24, 2.45) is 18.9 Å². The van der Waals surface area contributed by atoms with Crippen LogP contribution in [0.4, 0.5) is 5.69 Å². The molecule has 1 amide bonds. The Kier molecular flexibility index (Phi) is 7.06. The molecule has 3 rings (SSSR count). The summed E-state index contributed by atoms with van der Waals surface area (Å²) in [7, 11) is 1.89. The van der Waals surface area contributed by atoms with E-state index in [-0.39, 0.29) is 30.2 Å². The van der Waals surface area contributed by atoms with Gasteiger partial charge in [-0.3, -0.25) is 9.48 Å². The topological polar surface area (TPSA) is 68.2 Å². The molecule has 0 saturated carbocycles. The zero-order chi connectivity index (χ0) is 17.8. The molecular weight excluding hydrogens is 352 g/mol. The van der Waals surface area contributed by atoms with Gasteiger partial charge in [0, 0.05) is 44.0 Å². The number of halogens is 1. The van der Waals surface area contributed by atoms with Crippen molar-refractivity contribution in [3.63, 3.8) is 0 Å². The largest absolute Gasteiger partial charge is 0.493 e. The standard InChI is InChI=1S/C19H26N4O2.ClH/c1-13(2)12-25-16-6-4-5-15(7-16)22-19(24)18-10-20-9-17(18)14-8-21-23(3)11-14;/h4-8,11,13,17-18,20H,9-10,12H2,1-3H3,(H,22,24);1H/t17-,18+;/m1./s1. The summed E-state index contributed by atoms with van der Waals surface area (Å²) in [5, 5.41) is 10.6. The van der Waals surface area contributed by atoms with Gasteiger partial charge in [0.2, 0.25) is 5.91 Å². The van der Waals surface area contributed by atoms with Crippen molar-refractivity contribution in [2.45, 2.75) is 19.8 Å². The predicted molar refractivity (Wildman–Crippen MR) is 105 cm³/mol. The molecule has 0 unspecified atom stereocenters. The predicted octanol–water partition coefficient (Wildman–Crippen LogP) is 2.82. The molecule has 1 saturated heterocycles. The monoisotopic (exact) mass is 378 g/mol. The molecule has 2 atom stereocenters. The molecule has 142 valence electrons. The van der Waals surface area contributed by atoms with Crippen LogP contribution in [-0.2, 0) is 11.8 Å². The molecule has 2 heterocycles. The summed E-state index contributed by atoms with van der Waals surface area (Å²) in [6.07, 6.45) is 3.83. The van der Waals surface area contributed by atoms with Crippen molar-refractivity contribution in [3.8, 4) is 5.75 Å². The number of nitrogens with one attached hydrogen (secondary N) is 2. The van der Waals surface area contributed by atoms with E-state index in [0.717, 1.165) is 23.5 Å². The van der Waals surface area contributed by atoms with E-state index in [0.29, 0.717) is 19.1 Å². The van der Waals surface area contributed by atoms with Crippen LogP contribution in [0.15, 0.2) is 36.7 Å². The Morgan fingerprint density at radius 1 is 1.42 bits per heavy atom. The molecular formula is C19H27ClN4O2. The lowest BCUT2D eigenvalue weighted by atomic mass is 9.90. The third kappa shape index (κ3) is 4.99. The van der Waals surface area contributed by atoms with Gasteiger partial charge in [-0.25, -0.2) is 0 Å². The molecule has 0 aliphatic carbocycles. The van der Waals surface area contributed by atoms with Crippen LogP contribution in [0, 0.1) is 11.8 Å². The summed E-state index contributed by atoms with van der Waals surface area (Å²) in [6.45, 7) is 6.35. The highest BCUT2D eigenvalue weighted by atomic mass is 35.5.